The van der Waals surface area contributed by atoms with Crippen LogP contribution >= 0.6 is 0 Å². The van der Waals surface area contributed by atoms with Gasteiger partial charge < -0.3 is 16.4 Å². The zero-order chi connectivity index (χ0) is 14.6. The number of carbonyl (C=O) groups is 2. The first kappa shape index (κ1) is 15.2. The van der Waals surface area contributed by atoms with Gasteiger partial charge in [0.05, 0.1) is 6.04 Å². The third-order valence-electron chi connectivity index (χ3n) is 2.69. The molecule has 0 heterocycles. The van der Waals surface area contributed by atoms with E-state index in [0.717, 1.165) is 0 Å². The number of nitrogens with two attached hydrogens (primary N) is 1. The lowest BCUT2D eigenvalue weighted by atomic mass is 9.87. The van der Waals surface area contributed by atoms with Crippen LogP contribution in [-0.2, 0) is 9.59 Å². The van der Waals surface area contributed by atoms with E-state index in [1.807, 2.05) is 20.8 Å². The smallest absolute Gasteiger partial charge is 0.241 e. The molecular weight excluding hydrogens is 242 g/mol. The second-order valence-electron chi connectivity index (χ2n) is 5.59. The van der Waals surface area contributed by atoms with Crippen LogP contribution in [0.25, 0.3) is 0 Å². The van der Waals surface area contributed by atoms with Gasteiger partial charge in [-0.1, -0.05) is 20.8 Å². The highest BCUT2D eigenvalue weighted by Crippen LogP contribution is 2.19. The van der Waals surface area contributed by atoms with Crippen molar-refractivity contribution in [2.75, 3.05) is 10.6 Å². The molecule has 0 bridgehead atoms. The van der Waals surface area contributed by atoms with Gasteiger partial charge in [0.15, 0.2) is 0 Å². The monoisotopic (exact) mass is 263 g/mol. The molecule has 0 radical (unpaired) electrons. The van der Waals surface area contributed by atoms with Gasteiger partial charge in [-0.2, -0.15) is 0 Å². The molecule has 0 aliphatic rings. The lowest BCUT2D eigenvalue weighted by molar-refractivity contribution is -0.119. The van der Waals surface area contributed by atoms with Gasteiger partial charge in [-0.05, 0) is 29.7 Å². The number of amides is 2. The zero-order valence-corrected chi connectivity index (χ0v) is 11.8. The minimum atomic E-state index is -0.581. The summed E-state index contributed by atoms with van der Waals surface area (Å²) in [5.41, 5.74) is 6.91. The maximum absolute atomic E-state index is 11.9. The van der Waals surface area contributed by atoms with Crippen LogP contribution in [0.3, 0.4) is 0 Å². The second kappa shape index (κ2) is 5.84. The van der Waals surface area contributed by atoms with E-state index in [2.05, 4.69) is 10.6 Å². The maximum atomic E-state index is 11.9. The minimum Gasteiger partial charge on any atom is -0.326 e. The average molecular weight is 263 g/mol. The van der Waals surface area contributed by atoms with Crippen LogP contribution in [-0.4, -0.2) is 17.9 Å². The van der Waals surface area contributed by atoms with Crippen molar-refractivity contribution in [1.29, 1.82) is 0 Å². The summed E-state index contributed by atoms with van der Waals surface area (Å²) in [5, 5.41) is 5.41. The number of carbonyl (C=O) groups excluding carboxylic acids is 2. The molecule has 1 aromatic rings. The number of benzene rings is 1. The summed E-state index contributed by atoms with van der Waals surface area (Å²) in [5.74, 6) is -0.355. The lowest BCUT2D eigenvalue weighted by Gasteiger charge is -2.25. The quantitative estimate of drug-likeness (QED) is 0.779. The topological polar surface area (TPSA) is 84.2 Å². The number of rotatable bonds is 3. The molecule has 4 N–H and O–H groups in total. The lowest BCUT2D eigenvalue weighted by Crippen LogP contribution is -2.45. The first-order valence-electron chi connectivity index (χ1n) is 6.14. The first-order chi connectivity index (χ1) is 8.70. The largest absolute Gasteiger partial charge is 0.326 e. The third-order valence-corrected chi connectivity index (χ3v) is 2.69. The summed E-state index contributed by atoms with van der Waals surface area (Å²) in [4.78, 5) is 22.8. The fraction of sp³-hybridized carbons (Fsp3) is 0.429. The van der Waals surface area contributed by atoms with Crippen LogP contribution in [0.2, 0.25) is 0 Å². The van der Waals surface area contributed by atoms with Gasteiger partial charge in [-0.25, -0.2) is 0 Å². The molecule has 0 saturated carbocycles. The molecule has 19 heavy (non-hydrogen) atoms. The van der Waals surface area contributed by atoms with Crippen molar-refractivity contribution in [3.05, 3.63) is 24.3 Å². The highest BCUT2D eigenvalue weighted by molar-refractivity contribution is 5.95. The van der Waals surface area contributed by atoms with Crippen LogP contribution < -0.4 is 16.4 Å². The third kappa shape index (κ3) is 4.71. The van der Waals surface area contributed by atoms with E-state index in [1.165, 1.54) is 6.92 Å². The highest BCUT2D eigenvalue weighted by Gasteiger charge is 2.27. The van der Waals surface area contributed by atoms with Crippen molar-refractivity contribution in [2.45, 2.75) is 33.7 Å². The minimum absolute atomic E-state index is 0.133. The summed E-state index contributed by atoms with van der Waals surface area (Å²) in [6.07, 6.45) is 0. The molecule has 104 valence electrons. The van der Waals surface area contributed by atoms with Crippen LogP contribution in [0.4, 0.5) is 11.4 Å². The molecule has 1 rings (SSSR count). The van der Waals surface area contributed by atoms with E-state index >= 15 is 0 Å². The average Bonchev–Trinajstić information content (AvgIpc) is 2.28. The Morgan fingerprint density at radius 3 is 1.84 bits per heavy atom. The molecule has 1 aromatic carbocycles. The fourth-order valence-corrected chi connectivity index (χ4v) is 1.45. The van der Waals surface area contributed by atoms with Crippen molar-refractivity contribution in [3.63, 3.8) is 0 Å². The molecule has 2 amide bonds. The molecule has 1 unspecified atom stereocenters. The Hall–Kier alpha value is -1.88. The number of anilines is 2. The molecule has 0 aromatic heterocycles. The van der Waals surface area contributed by atoms with Crippen molar-refractivity contribution < 1.29 is 9.59 Å². The summed E-state index contributed by atoms with van der Waals surface area (Å²) in [6.45, 7) is 7.18. The van der Waals surface area contributed by atoms with Gasteiger partial charge in [0.25, 0.3) is 0 Å². The number of nitrogens with one attached hydrogen (secondary N) is 2. The Morgan fingerprint density at radius 2 is 1.47 bits per heavy atom. The van der Waals surface area contributed by atoms with Gasteiger partial charge in [0.2, 0.25) is 11.8 Å². The molecular formula is C14H21N3O2. The van der Waals surface area contributed by atoms with Gasteiger partial charge in [-0.3, -0.25) is 9.59 Å². The van der Waals surface area contributed by atoms with Gasteiger partial charge >= 0.3 is 0 Å². The molecule has 0 aliphatic heterocycles. The summed E-state index contributed by atoms with van der Waals surface area (Å²) >= 11 is 0. The summed E-state index contributed by atoms with van der Waals surface area (Å²) in [6, 6.07) is 6.30. The van der Waals surface area contributed by atoms with Crippen LogP contribution in [0.15, 0.2) is 24.3 Å². The van der Waals surface area contributed by atoms with E-state index in [0.29, 0.717) is 11.4 Å². The normalized spacial score (nSPS) is 12.7. The zero-order valence-electron chi connectivity index (χ0n) is 11.8. The van der Waals surface area contributed by atoms with E-state index in [9.17, 15) is 9.59 Å². The van der Waals surface area contributed by atoms with E-state index in [1.54, 1.807) is 24.3 Å². The SMILES string of the molecule is CC(=O)Nc1ccc(NC(=O)C(N)C(C)(C)C)cc1. The van der Waals surface area contributed by atoms with Crippen LogP contribution in [0, 0.1) is 5.41 Å². The molecule has 0 fully saturated rings. The van der Waals surface area contributed by atoms with Crippen molar-refractivity contribution >= 4 is 23.2 Å². The Balaban J connectivity index is 2.68. The predicted octanol–water partition coefficient (Wildman–Crippen LogP) is 1.96. The Morgan fingerprint density at radius 1 is 1.05 bits per heavy atom. The molecule has 0 saturated heterocycles. The van der Waals surface area contributed by atoms with Crippen LogP contribution in [0.5, 0.6) is 0 Å². The van der Waals surface area contributed by atoms with Crippen LogP contribution in [0.1, 0.15) is 27.7 Å². The van der Waals surface area contributed by atoms with E-state index < -0.39 is 6.04 Å². The highest BCUT2D eigenvalue weighted by atomic mass is 16.2. The van der Waals surface area contributed by atoms with Crippen molar-refractivity contribution in [1.82, 2.24) is 0 Å². The number of hydrogen-bond acceptors (Lipinski definition) is 3. The fourth-order valence-electron chi connectivity index (χ4n) is 1.45. The molecule has 0 spiro atoms. The summed E-state index contributed by atoms with van der Waals surface area (Å²) in [7, 11) is 0. The standard InChI is InChI=1S/C14H21N3O2/c1-9(18)16-10-5-7-11(8-6-10)17-13(19)12(15)14(2,3)4/h5-8,12H,15H2,1-4H3,(H,16,18)(H,17,19). The number of hydrogen-bond donors (Lipinski definition) is 3. The molecule has 0 aliphatic carbocycles. The second-order valence-corrected chi connectivity index (χ2v) is 5.59. The van der Waals surface area contributed by atoms with Crippen molar-refractivity contribution in [3.8, 4) is 0 Å². The Kier molecular flexibility index (Phi) is 4.67. The molecule has 5 heteroatoms. The van der Waals surface area contributed by atoms with Crippen molar-refractivity contribution in [2.24, 2.45) is 11.1 Å². The maximum Gasteiger partial charge on any atom is 0.241 e. The van der Waals surface area contributed by atoms with E-state index in [4.69, 9.17) is 5.73 Å². The predicted molar refractivity (Wildman–Crippen MR) is 76.8 cm³/mol. The Labute approximate surface area is 113 Å². The van der Waals surface area contributed by atoms with E-state index in [-0.39, 0.29) is 17.2 Å². The Bertz CT molecular complexity index is 461. The molecule has 1 atom stereocenters. The van der Waals surface area contributed by atoms with Gasteiger partial charge in [0, 0.05) is 18.3 Å². The first-order valence-corrected chi connectivity index (χ1v) is 6.14. The summed E-state index contributed by atoms with van der Waals surface area (Å²) < 4.78 is 0. The van der Waals surface area contributed by atoms with Gasteiger partial charge in [0.1, 0.15) is 0 Å². The van der Waals surface area contributed by atoms with Gasteiger partial charge in [-0.15, -0.1) is 0 Å². The molecule has 5 nitrogen and oxygen atoms in total.